The largest absolute Gasteiger partial charge is 0.395 e. The maximum atomic E-state index is 8.99. The van der Waals surface area contributed by atoms with Crippen molar-refractivity contribution in [2.75, 3.05) is 6.61 Å². The Hall–Kier alpha value is -0.410. The number of aromatic nitrogens is 1. The lowest BCUT2D eigenvalue weighted by molar-refractivity contribution is 0.253. The third-order valence-corrected chi connectivity index (χ3v) is 2.72. The van der Waals surface area contributed by atoms with Gasteiger partial charge in [-0.05, 0) is 12.8 Å². The van der Waals surface area contributed by atoms with Crippen molar-refractivity contribution < 1.29 is 5.11 Å². The number of aliphatic hydroxyl groups excluding tert-OH is 1. The molecule has 54 valence electrons. The molecule has 1 aromatic rings. The second kappa shape index (κ2) is 2.04. The zero-order chi connectivity index (χ0) is 7.03. The first kappa shape index (κ1) is 6.31. The third kappa shape index (κ3) is 0.777. The van der Waals surface area contributed by atoms with E-state index in [9.17, 15) is 0 Å². The minimum absolute atomic E-state index is 0.0694. The highest BCUT2D eigenvalue weighted by Crippen LogP contribution is 2.47. The van der Waals surface area contributed by atoms with E-state index in [0.29, 0.717) is 0 Å². The zero-order valence-corrected chi connectivity index (χ0v) is 6.40. The lowest BCUT2D eigenvalue weighted by Gasteiger charge is -2.05. The highest BCUT2D eigenvalue weighted by atomic mass is 32.1. The summed E-state index contributed by atoms with van der Waals surface area (Å²) in [4.78, 5) is 4.18. The Morgan fingerprint density at radius 1 is 1.70 bits per heavy atom. The van der Waals surface area contributed by atoms with Crippen LogP contribution in [0.25, 0.3) is 0 Å². The van der Waals surface area contributed by atoms with Crippen LogP contribution in [-0.4, -0.2) is 16.7 Å². The van der Waals surface area contributed by atoms with Gasteiger partial charge in [0.15, 0.2) is 0 Å². The summed E-state index contributed by atoms with van der Waals surface area (Å²) < 4.78 is 0. The van der Waals surface area contributed by atoms with Crippen molar-refractivity contribution in [2.45, 2.75) is 18.3 Å². The van der Waals surface area contributed by atoms with Crippen LogP contribution in [0, 0.1) is 0 Å². The van der Waals surface area contributed by atoms with E-state index < -0.39 is 0 Å². The number of thiazole rings is 1. The molecule has 0 bridgehead atoms. The zero-order valence-electron chi connectivity index (χ0n) is 5.58. The Balaban J connectivity index is 2.27. The van der Waals surface area contributed by atoms with E-state index >= 15 is 0 Å². The van der Waals surface area contributed by atoms with Gasteiger partial charge < -0.3 is 5.11 Å². The normalized spacial score (nSPS) is 20.9. The Morgan fingerprint density at radius 2 is 2.50 bits per heavy atom. The fourth-order valence-electron chi connectivity index (χ4n) is 1.12. The summed E-state index contributed by atoms with van der Waals surface area (Å²) in [7, 11) is 0. The first-order valence-corrected chi connectivity index (χ1v) is 4.31. The van der Waals surface area contributed by atoms with Crippen LogP contribution >= 0.6 is 11.3 Å². The van der Waals surface area contributed by atoms with E-state index in [1.54, 1.807) is 11.3 Å². The molecule has 0 unspecified atom stereocenters. The molecule has 0 atom stereocenters. The van der Waals surface area contributed by atoms with Gasteiger partial charge in [-0.3, -0.25) is 0 Å². The molecule has 0 radical (unpaired) electrons. The van der Waals surface area contributed by atoms with E-state index in [-0.39, 0.29) is 12.0 Å². The molecule has 0 aromatic carbocycles. The first-order valence-electron chi connectivity index (χ1n) is 3.37. The molecule has 1 N–H and O–H groups in total. The van der Waals surface area contributed by atoms with Gasteiger partial charge >= 0.3 is 0 Å². The average Bonchev–Trinajstić information content (AvgIpc) is 2.58. The molecule has 3 heteroatoms. The molecular weight excluding hydrogens is 146 g/mol. The van der Waals surface area contributed by atoms with Crippen LogP contribution < -0.4 is 0 Å². The second-order valence-corrected chi connectivity index (χ2v) is 3.53. The molecule has 10 heavy (non-hydrogen) atoms. The van der Waals surface area contributed by atoms with Crippen molar-refractivity contribution >= 4 is 11.3 Å². The average molecular weight is 155 g/mol. The number of rotatable bonds is 2. The molecule has 0 aliphatic heterocycles. The molecule has 1 saturated carbocycles. The summed E-state index contributed by atoms with van der Waals surface area (Å²) >= 11 is 1.60. The fourth-order valence-corrected chi connectivity index (χ4v) is 1.80. The lowest BCUT2D eigenvalue weighted by Crippen LogP contribution is -2.11. The van der Waals surface area contributed by atoms with Crippen LogP contribution in [0.1, 0.15) is 18.5 Å². The lowest BCUT2D eigenvalue weighted by atomic mass is 10.1. The third-order valence-electron chi connectivity index (χ3n) is 2.13. The van der Waals surface area contributed by atoms with Crippen molar-refractivity contribution in [1.29, 1.82) is 0 Å². The number of nitrogens with zero attached hydrogens (tertiary/aromatic N) is 1. The summed E-state index contributed by atoms with van der Waals surface area (Å²) in [6.45, 7) is 0.261. The maximum Gasteiger partial charge on any atom is 0.0794 e. The number of hydrogen-bond acceptors (Lipinski definition) is 3. The predicted molar refractivity (Wildman–Crippen MR) is 40.1 cm³/mol. The Labute approximate surface area is 63.5 Å². The smallest absolute Gasteiger partial charge is 0.0794 e. The number of aliphatic hydroxyl groups is 1. The first-order chi connectivity index (χ1) is 4.87. The minimum atomic E-state index is 0.0694. The van der Waals surface area contributed by atoms with Gasteiger partial charge in [0.25, 0.3) is 0 Å². The van der Waals surface area contributed by atoms with Gasteiger partial charge in [-0.25, -0.2) is 4.98 Å². The standard InChI is InChI=1S/C7H9NOS/c9-4-7(1-2-7)6-3-10-5-8-6/h3,5,9H,1-2,4H2. The van der Waals surface area contributed by atoms with Crippen LogP contribution in [0.5, 0.6) is 0 Å². The van der Waals surface area contributed by atoms with Gasteiger partial charge in [0, 0.05) is 10.8 Å². The van der Waals surface area contributed by atoms with Crippen LogP contribution in [-0.2, 0) is 5.41 Å². The van der Waals surface area contributed by atoms with Crippen LogP contribution in [0.15, 0.2) is 10.9 Å². The fraction of sp³-hybridized carbons (Fsp3) is 0.571. The van der Waals surface area contributed by atoms with E-state index in [1.165, 1.54) is 0 Å². The number of hydrogen-bond donors (Lipinski definition) is 1. The van der Waals surface area contributed by atoms with Crippen LogP contribution in [0.2, 0.25) is 0 Å². The SMILES string of the molecule is OCC1(c2cscn2)CC1. The van der Waals surface area contributed by atoms with Gasteiger partial charge in [0.2, 0.25) is 0 Å². The summed E-state index contributed by atoms with van der Waals surface area (Å²) in [6.07, 6.45) is 2.21. The van der Waals surface area contributed by atoms with Gasteiger partial charge in [0.1, 0.15) is 0 Å². The highest BCUT2D eigenvalue weighted by molar-refractivity contribution is 7.07. The van der Waals surface area contributed by atoms with Gasteiger partial charge in [-0.2, -0.15) is 0 Å². The van der Waals surface area contributed by atoms with E-state index in [0.717, 1.165) is 18.5 Å². The molecule has 1 fully saturated rings. The molecule has 0 amide bonds. The molecular formula is C7H9NOS. The Morgan fingerprint density at radius 3 is 2.90 bits per heavy atom. The predicted octanol–water partition coefficient (Wildman–Crippen LogP) is 1.17. The van der Waals surface area contributed by atoms with E-state index in [4.69, 9.17) is 5.11 Å². The summed E-state index contributed by atoms with van der Waals surface area (Å²) in [5.41, 5.74) is 2.98. The highest BCUT2D eigenvalue weighted by Gasteiger charge is 2.45. The maximum absolute atomic E-state index is 8.99. The van der Waals surface area contributed by atoms with Crippen molar-refractivity contribution in [2.24, 2.45) is 0 Å². The Kier molecular flexibility index (Phi) is 1.28. The van der Waals surface area contributed by atoms with Crippen LogP contribution in [0.4, 0.5) is 0 Å². The quantitative estimate of drug-likeness (QED) is 0.695. The second-order valence-electron chi connectivity index (χ2n) is 2.81. The molecule has 1 aliphatic carbocycles. The van der Waals surface area contributed by atoms with Crippen molar-refractivity contribution in [3.8, 4) is 0 Å². The topological polar surface area (TPSA) is 33.1 Å². The summed E-state index contributed by atoms with van der Waals surface area (Å²) in [6, 6.07) is 0. The van der Waals surface area contributed by atoms with E-state index in [1.807, 2.05) is 10.9 Å². The molecule has 1 aliphatic rings. The molecule has 1 heterocycles. The summed E-state index contributed by atoms with van der Waals surface area (Å²) in [5.74, 6) is 0. The van der Waals surface area contributed by atoms with E-state index in [2.05, 4.69) is 4.98 Å². The molecule has 0 saturated heterocycles. The molecule has 0 spiro atoms. The van der Waals surface area contributed by atoms with Crippen molar-refractivity contribution in [3.05, 3.63) is 16.6 Å². The van der Waals surface area contributed by atoms with Gasteiger partial charge in [-0.1, -0.05) is 0 Å². The van der Waals surface area contributed by atoms with Crippen molar-refractivity contribution in [1.82, 2.24) is 4.98 Å². The van der Waals surface area contributed by atoms with Crippen molar-refractivity contribution in [3.63, 3.8) is 0 Å². The Bertz CT molecular complexity index is 216. The van der Waals surface area contributed by atoms with Gasteiger partial charge in [0.05, 0.1) is 17.8 Å². The van der Waals surface area contributed by atoms with Crippen LogP contribution in [0.3, 0.4) is 0 Å². The molecule has 1 aromatic heterocycles. The summed E-state index contributed by atoms with van der Waals surface area (Å²) in [5, 5.41) is 11.0. The monoisotopic (exact) mass is 155 g/mol. The molecule has 2 rings (SSSR count). The van der Waals surface area contributed by atoms with Gasteiger partial charge in [-0.15, -0.1) is 11.3 Å². The molecule has 2 nitrogen and oxygen atoms in total. The minimum Gasteiger partial charge on any atom is -0.395 e.